The maximum Gasteiger partial charge on any atom is 0.323 e. The summed E-state index contributed by atoms with van der Waals surface area (Å²) in [5.74, 6) is 0.373. The summed E-state index contributed by atoms with van der Waals surface area (Å²) in [6.45, 7) is 6.17. The number of rotatable bonds is 8. The molecule has 106 valence electrons. The second-order valence-corrected chi connectivity index (χ2v) is 5.44. The fourth-order valence-electron chi connectivity index (χ4n) is 1.50. The van der Waals surface area contributed by atoms with Gasteiger partial charge < -0.3 is 15.3 Å². The Bertz CT molecular complexity index is 274. The van der Waals surface area contributed by atoms with Crippen LogP contribution in [0.25, 0.3) is 0 Å². The molecular formula is C12H24N2O3S. The molecule has 0 spiro atoms. The molecule has 0 aromatic rings. The molecule has 0 fully saturated rings. The predicted molar refractivity (Wildman–Crippen MR) is 75.0 cm³/mol. The van der Waals surface area contributed by atoms with Crippen LogP contribution in [-0.4, -0.2) is 53.1 Å². The van der Waals surface area contributed by atoms with E-state index in [1.807, 2.05) is 20.1 Å². The third-order valence-corrected chi connectivity index (χ3v) is 3.64. The van der Waals surface area contributed by atoms with Gasteiger partial charge in [0.05, 0.1) is 0 Å². The van der Waals surface area contributed by atoms with Crippen molar-refractivity contribution in [2.24, 2.45) is 5.92 Å². The van der Waals surface area contributed by atoms with Crippen LogP contribution in [0.1, 0.15) is 27.2 Å². The van der Waals surface area contributed by atoms with Crippen molar-refractivity contribution in [2.75, 3.05) is 25.1 Å². The quantitative estimate of drug-likeness (QED) is 0.710. The number of nitrogens with zero attached hydrogens (tertiary/aromatic N) is 1. The summed E-state index contributed by atoms with van der Waals surface area (Å²) < 4.78 is 0. The van der Waals surface area contributed by atoms with E-state index < -0.39 is 5.97 Å². The van der Waals surface area contributed by atoms with Crippen LogP contribution < -0.4 is 5.32 Å². The molecule has 0 aromatic carbocycles. The molecule has 2 amide bonds. The number of urea groups is 1. The molecule has 18 heavy (non-hydrogen) atoms. The zero-order chi connectivity index (χ0) is 14.1. The van der Waals surface area contributed by atoms with Gasteiger partial charge in [-0.2, -0.15) is 11.8 Å². The zero-order valence-corrected chi connectivity index (χ0v) is 12.4. The second-order valence-electron chi connectivity index (χ2n) is 4.53. The molecule has 0 saturated carbocycles. The molecule has 5 nitrogen and oxygen atoms in total. The zero-order valence-electron chi connectivity index (χ0n) is 11.6. The van der Waals surface area contributed by atoms with Crippen molar-refractivity contribution < 1.29 is 14.7 Å². The van der Waals surface area contributed by atoms with E-state index in [1.54, 1.807) is 11.8 Å². The van der Waals surface area contributed by atoms with Crippen molar-refractivity contribution in [1.29, 1.82) is 0 Å². The molecule has 0 aliphatic heterocycles. The lowest BCUT2D eigenvalue weighted by Crippen LogP contribution is -2.48. The highest BCUT2D eigenvalue weighted by Gasteiger charge is 2.21. The molecule has 0 rings (SSSR count). The van der Waals surface area contributed by atoms with E-state index in [2.05, 4.69) is 12.2 Å². The van der Waals surface area contributed by atoms with E-state index >= 15 is 0 Å². The van der Waals surface area contributed by atoms with Crippen LogP contribution in [0.4, 0.5) is 4.79 Å². The molecule has 0 aliphatic rings. The van der Waals surface area contributed by atoms with E-state index in [-0.39, 0.29) is 18.6 Å². The Balaban J connectivity index is 4.33. The minimum Gasteiger partial charge on any atom is -0.480 e. The lowest BCUT2D eigenvalue weighted by Gasteiger charge is -2.27. The summed E-state index contributed by atoms with van der Waals surface area (Å²) in [4.78, 5) is 24.1. The maximum atomic E-state index is 11.9. The summed E-state index contributed by atoms with van der Waals surface area (Å²) in [5, 5.41) is 11.6. The van der Waals surface area contributed by atoms with Crippen LogP contribution in [0.3, 0.4) is 0 Å². The average Bonchev–Trinajstić information content (AvgIpc) is 2.32. The molecule has 0 heterocycles. The normalized spacial score (nSPS) is 13.8. The third kappa shape index (κ3) is 6.74. The van der Waals surface area contributed by atoms with Crippen LogP contribution in [0, 0.1) is 5.92 Å². The highest BCUT2D eigenvalue weighted by molar-refractivity contribution is 7.98. The summed E-state index contributed by atoms with van der Waals surface area (Å²) in [6, 6.07) is -0.364. The largest absolute Gasteiger partial charge is 0.480 e. The van der Waals surface area contributed by atoms with Gasteiger partial charge in [-0.15, -0.1) is 0 Å². The van der Waals surface area contributed by atoms with Gasteiger partial charge in [0.25, 0.3) is 0 Å². The standard InChI is InChI=1S/C12H24N2O3S/c1-5-10(3)14(7-11(15)16)12(17)13-6-9(2)8-18-4/h9-10H,5-8H2,1-4H3,(H,13,17)(H,15,16). The summed E-state index contributed by atoms with van der Waals surface area (Å²) in [5.41, 5.74) is 0. The highest BCUT2D eigenvalue weighted by Crippen LogP contribution is 2.06. The molecule has 2 atom stereocenters. The molecule has 2 unspecified atom stereocenters. The van der Waals surface area contributed by atoms with Crippen molar-refractivity contribution in [2.45, 2.75) is 33.2 Å². The first kappa shape index (κ1) is 17.1. The van der Waals surface area contributed by atoms with E-state index in [4.69, 9.17) is 5.11 Å². The van der Waals surface area contributed by atoms with Crippen LogP contribution in [0.2, 0.25) is 0 Å². The Morgan fingerprint density at radius 1 is 1.39 bits per heavy atom. The molecule has 0 aliphatic carbocycles. The molecule has 0 aromatic heterocycles. The van der Waals surface area contributed by atoms with Crippen molar-refractivity contribution in [1.82, 2.24) is 10.2 Å². The average molecular weight is 276 g/mol. The number of hydrogen-bond acceptors (Lipinski definition) is 3. The fourth-order valence-corrected chi connectivity index (χ4v) is 2.19. The summed E-state index contributed by atoms with van der Waals surface area (Å²) in [7, 11) is 0. The number of amides is 2. The number of thioether (sulfide) groups is 1. The molecule has 6 heteroatoms. The van der Waals surface area contributed by atoms with Gasteiger partial charge >= 0.3 is 12.0 Å². The van der Waals surface area contributed by atoms with Gasteiger partial charge in [0.1, 0.15) is 6.54 Å². The van der Waals surface area contributed by atoms with Crippen molar-refractivity contribution in [3.05, 3.63) is 0 Å². The minimum atomic E-state index is -0.984. The van der Waals surface area contributed by atoms with Crippen LogP contribution >= 0.6 is 11.8 Å². The van der Waals surface area contributed by atoms with Gasteiger partial charge in [-0.3, -0.25) is 4.79 Å². The number of aliphatic carboxylic acids is 1. The Labute approximate surface area is 113 Å². The van der Waals surface area contributed by atoms with Gasteiger partial charge in [-0.25, -0.2) is 4.79 Å². The van der Waals surface area contributed by atoms with Gasteiger partial charge in [-0.05, 0) is 31.3 Å². The Hall–Kier alpha value is -0.910. The number of carbonyl (C=O) groups is 2. The van der Waals surface area contributed by atoms with Crippen molar-refractivity contribution in [3.63, 3.8) is 0 Å². The number of carboxylic acid groups (broad SMARTS) is 1. The van der Waals surface area contributed by atoms with Crippen LogP contribution in [-0.2, 0) is 4.79 Å². The van der Waals surface area contributed by atoms with Crippen molar-refractivity contribution >= 4 is 23.8 Å². The first-order valence-electron chi connectivity index (χ1n) is 6.17. The van der Waals surface area contributed by atoms with Crippen molar-refractivity contribution in [3.8, 4) is 0 Å². The third-order valence-electron chi connectivity index (χ3n) is 2.74. The van der Waals surface area contributed by atoms with Crippen LogP contribution in [0.15, 0.2) is 0 Å². The Morgan fingerprint density at radius 3 is 2.44 bits per heavy atom. The van der Waals surface area contributed by atoms with Crippen LogP contribution in [0.5, 0.6) is 0 Å². The van der Waals surface area contributed by atoms with Gasteiger partial charge in [0, 0.05) is 12.6 Å². The van der Waals surface area contributed by atoms with Gasteiger partial charge in [0.15, 0.2) is 0 Å². The Morgan fingerprint density at radius 2 is 2.00 bits per heavy atom. The minimum absolute atomic E-state index is 0.0723. The van der Waals surface area contributed by atoms with Gasteiger partial charge in [-0.1, -0.05) is 13.8 Å². The first-order valence-corrected chi connectivity index (χ1v) is 7.56. The predicted octanol–water partition coefficient (Wildman–Crippen LogP) is 1.88. The summed E-state index contributed by atoms with van der Waals surface area (Å²) >= 11 is 1.73. The second kappa shape index (κ2) is 9.08. The number of nitrogens with one attached hydrogen (secondary N) is 1. The monoisotopic (exact) mass is 276 g/mol. The lowest BCUT2D eigenvalue weighted by atomic mass is 10.2. The Kier molecular flexibility index (Phi) is 8.62. The number of carboxylic acids is 1. The van der Waals surface area contributed by atoms with Gasteiger partial charge in [0.2, 0.25) is 0 Å². The smallest absolute Gasteiger partial charge is 0.323 e. The van der Waals surface area contributed by atoms with E-state index in [0.29, 0.717) is 12.5 Å². The fraction of sp³-hybridized carbons (Fsp3) is 0.833. The molecular weight excluding hydrogens is 252 g/mol. The van der Waals surface area contributed by atoms with E-state index in [0.717, 1.165) is 12.2 Å². The van der Waals surface area contributed by atoms with E-state index in [9.17, 15) is 9.59 Å². The number of carbonyl (C=O) groups excluding carboxylic acids is 1. The maximum absolute atomic E-state index is 11.9. The highest BCUT2D eigenvalue weighted by atomic mass is 32.2. The summed E-state index contributed by atoms with van der Waals surface area (Å²) in [6.07, 6.45) is 2.76. The topological polar surface area (TPSA) is 69.6 Å². The molecule has 0 radical (unpaired) electrons. The molecule has 2 N–H and O–H groups in total. The molecule has 0 saturated heterocycles. The first-order chi connectivity index (χ1) is 8.42. The number of hydrogen-bond donors (Lipinski definition) is 2. The lowest BCUT2D eigenvalue weighted by molar-refractivity contribution is -0.138. The van der Waals surface area contributed by atoms with E-state index in [1.165, 1.54) is 4.90 Å². The SMILES string of the molecule is CCC(C)N(CC(=O)O)C(=O)NCC(C)CSC. The molecule has 0 bridgehead atoms.